The summed E-state index contributed by atoms with van der Waals surface area (Å²) in [6.45, 7) is 1.98. The molecule has 0 spiro atoms. The van der Waals surface area contributed by atoms with Gasteiger partial charge in [0.1, 0.15) is 5.75 Å². The third-order valence-corrected chi connectivity index (χ3v) is 3.98. The lowest BCUT2D eigenvalue weighted by Crippen LogP contribution is -2.27. The van der Waals surface area contributed by atoms with E-state index in [1.165, 1.54) is 23.2 Å². The van der Waals surface area contributed by atoms with Gasteiger partial charge in [-0.1, -0.05) is 23.7 Å². The molecule has 0 heterocycles. The van der Waals surface area contributed by atoms with Crippen molar-refractivity contribution in [2.24, 2.45) is 5.10 Å². The first-order chi connectivity index (χ1) is 13.8. The lowest BCUT2D eigenvalue weighted by Gasteiger charge is -2.16. The first-order valence-corrected chi connectivity index (χ1v) is 9.12. The number of amides is 2. The molecule has 29 heavy (non-hydrogen) atoms. The number of carbonyl (C=O) groups is 2. The number of benzene rings is 2. The Bertz CT molecular complexity index is 915. The Morgan fingerprint density at radius 3 is 2.62 bits per heavy atom. The van der Waals surface area contributed by atoms with Crippen LogP contribution in [0.4, 0.5) is 0 Å². The lowest BCUT2D eigenvalue weighted by atomic mass is 10.2. The molecule has 0 atom stereocenters. The van der Waals surface area contributed by atoms with Crippen LogP contribution in [0.5, 0.6) is 17.2 Å². The average molecular weight is 420 g/mol. The van der Waals surface area contributed by atoms with Crippen LogP contribution in [0.3, 0.4) is 0 Å². The number of nitrogens with one attached hydrogen (secondary N) is 1. The summed E-state index contributed by atoms with van der Waals surface area (Å²) in [5, 5.41) is 13.8. The Hall–Kier alpha value is -3.26. The van der Waals surface area contributed by atoms with Crippen LogP contribution < -0.4 is 14.9 Å². The predicted molar refractivity (Wildman–Crippen MR) is 110 cm³/mol. The van der Waals surface area contributed by atoms with Gasteiger partial charge in [0.05, 0.1) is 23.4 Å². The number of hydrogen-bond donors (Lipinski definition) is 2. The van der Waals surface area contributed by atoms with Crippen LogP contribution in [0.1, 0.15) is 22.8 Å². The van der Waals surface area contributed by atoms with Crippen LogP contribution in [0.2, 0.25) is 5.02 Å². The van der Waals surface area contributed by atoms with Gasteiger partial charge in [-0.25, -0.2) is 5.43 Å². The first-order valence-electron chi connectivity index (χ1n) is 8.74. The molecule has 0 aliphatic rings. The Morgan fingerprint density at radius 2 is 1.97 bits per heavy atom. The zero-order valence-corrected chi connectivity index (χ0v) is 17.1. The Kier molecular flexibility index (Phi) is 7.85. The van der Waals surface area contributed by atoms with Crippen molar-refractivity contribution in [3.05, 3.63) is 52.5 Å². The molecule has 0 radical (unpaired) electrons. The van der Waals surface area contributed by atoms with Gasteiger partial charge >= 0.3 is 0 Å². The van der Waals surface area contributed by atoms with Gasteiger partial charge in [0.15, 0.2) is 18.1 Å². The second kappa shape index (κ2) is 10.3. The van der Waals surface area contributed by atoms with E-state index in [0.717, 1.165) is 0 Å². The van der Waals surface area contributed by atoms with E-state index in [4.69, 9.17) is 21.1 Å². The fraction of sp³-hybridized carbons (Fsp3) is 0.250. The summed E-state index contributed by atoms with van der Waals surface area (Å²) in [4.78, 5) is 25.2. The van der Waals surface area contributed by atoms with Crippen molar-refractivity contribution in [2.75, 3.05) is 27.3 Å². The molecule has 0 fully saturated rings. The maximum atomic E-state index is 12.1. The van der Waals surface area contributed by atoms with Crippen LogP contribution >= 0.6 is 11.6 Å². The van der Waals surface area contributed by atoms with Crippen LogP contribution in [0.25, 0.3) is 0 Å². The van der Waals surface area contributed by atoms with Gasteiger partial charge in [0.25, 0.3) is 11.8 Å². The highest BCUT2D eigenvalue weighted by Crippen LogP contribution is 2.36. The van der Waals surface area contributed by atoms with Crippen LogP contribution in [-0.4, -0.2) is 55.3 Å². The highest BCUT2D eigenvalue weighted by atomic mass is 35.5. The molecular weight excluding hydrogens is 398 g/mol. The van der Waals surface area contributed by atoms with Crippen molar-refractivity contribution in [2.45, 2.75) is 6.92 Å². The average Bonchev–Trinajstić information content (AvgIpc) is 2.67. The van der Waals surface area contributed by atoms with E-state index in [-0.39, 0.29) is 34.6 Å². The van der Waals surface area contributed by atoms with Crippen molar-refractivity contribution in [1.82, 2.24) is 10.3 Å². The van der Waals surface area contributed by atoms with Gasteiger partial charge in [-0.3, -0.25) is 9.59 Å². The molecule has 2 aromatic rings. The fourth-order valence-electron chi connectivity index (χ4n) is 2.22. The molecule has 0 saturated carbocycles. The molecule has 0 bridgehead atoms. The minimum atomic E-state index is -0.558. The molecule has 0 aliphatic carbocycles. The Balaban J connectivity index is 2.14. The third-order valence-electron chi connectivity index (χ3n) is 3.70. The normalized spacial score (nSPS) is 10.6. The number of carbonyl (C=O) groups excluding carboxylic acids is 2. The fourth-order valence-corrected chi connectivity index (χ4v) is 2.49. The third kappa shape index (κ3) is 6.11. The molecule has 2 amide bonds. The monoisotopic (exact) mass is 419 g/mol. The SMILES string of the molecule is CCOc1cc(/C=N\NC(=O)c2ccccc2O)cc(Cl)c1OCC(=O)N(C)C. The highest BCUT2D eigenvalue weighted by molar-refractivity contribution is 6.32. The number of rotatable bonds is 8. The minimum absolute atomic E-state index is 0.104. The largest absolute Gasteiger partial charge is 0.507 e. The molecule has 0 saturated heterocycles. The second-order valence-electron chi connectivity index (χ2n) is 6.06. The smallest absolute Gasteiger partial charge is 0.275 e. The van der Waals surface area contributed by atoms with Crippen LogP contribution in [-0.2, 0) is 4.79 Å². The van der Waals surface area contributed by atoms with E-state index >= 15 is 0 Å². The number of phenols is 1. The molecule has 0 aromatic heterocycles. The van der Waals surface area contributed by atoms with E-state index in [9.17, 15) is 14.7 Å². The predicted octanol–water partition coefficient (Wildman–Crippen LogP) is 2.68. The summed E-state index contributed by atoms with van der Waals surface area (Å²) in [7, 11) is 3.25. The maximum Gasteiger partial charge on any atom is 0.275 e. The van der Waals surface area contributed by atoms with Gasteiger partial charge in [0.2, 0.25) is 0 Å². The van der Waals surface area contributed by atoms with Gasteiger partial charge in [-0.15, -0.1) is 0 Å². The number of aromatic hydroxyl groups is 1. The molecule has 154 valence electrons. The summed E-state index contributed by atoms with van der Waals surface area (Å²) in [6, 6.07) is 9.32. The number of para-hydroxylation sites is 1. The minimum Gasteiger partial charge on any atom is -0.507 e. The summed E-state index contributed by atoms with van der Waals surface area (Å²) in [5.41, 5.74) is 2.98. The van der Waals surface area contributed by atoms with E-state index in [1.807, 2.05) is 0 Å². The molecular formula is C20H22ClN3O5. The molecule has 0 aliphatic heterocycles. The number of hydrazone groups is 1. The zero-order chi connectivity index (χ0) is 21.4. The standard InChI is InChI=1S/C20H22ClN3O5/c1-4-28-17-10-13(9-15(21)19(17)29-12-18(26)24(2)3)11-22-23-20(27)14-7-5-6-8-16(14)25/h5-11,25H,4,12H2,1-3H3,(H,23,27)/b22-11-. The lowest BCUT2D eigenvalue weighted by molar-refractivity contribution is -0.130. The molecule has 2 aromatic carbocycles. The van der Waals surface area contributed by atoms with Crippen molar-refractivity contribution in [3.63, 3.8) is 0 Å². The van der Waals surface area contributed by atoms with Gasteiger partial charge in [0, 0.05) is 14.1 Å². The number of likely N-dealkylation sites (N-methyl/N-ethyl adjacent to an activating group) is 1. The number of halogens is 1. The van der Waals surface area contributed by atoms with Gasteiger partial charge < -0.3 is 19.5 Å². The van der Waals surface area contributed by atoms with E-state index < -0.39 is 5.91 Å². The molecule has 2 N–H and O–H groups in total. The summed E-state index contributed by atoms with van der Waals surface area (Å²) < 4.78 is 11.1. The number of ether oxygens (including phenoxy) is 2. The van der Waals surface area contributed by atoms with Gasteiger partial charge in [-0.05, 0) is 36.8 Å². The van der Waals surface area contributed by atoms with E-state index in [2.05, 4.69) is 10.5 Å². The van der Waals surface area contributed by atoms with Crippen molar-refractivity contribution >= 4 is 29.6 Å². The van der Waals surface area contributed by atoms with Crippen LogP contribution in [0.15, 0.2) is 41.5 Å². The summed E-state index contributed by atoms with van der Waals surface area (Å²) in [5.74, 6) is -0.326. The highest BCUT2D eigenvalue weighted by Gasteiger charge is 2.15. The summed E-state index contributed by atoms with van der Waals surface area (Å²) >= 11 is 6.28. The Morgan fingerprint density at radius 1 is 1.24 bits per heavy atom. The zero-order valence-electron chi connectivity index (χ0n) is 16.3. The summed E-state index contributed by atoms with van der Waals surface area (Å²) in [6.07, 6.45) is 1.38. The first kappa shape index (κ1) is 22.0. The van der Waals surface area contributed by atoms with E-state index in [1.54, 1.807) is 45.3 Å². The number of phenolic OH excluding ortho intramolecular Hbond substituents is 1. The molecule has 8 nitrogen and oxygen atoms in total. The quantitative estimate of drug-likeness (QED) is 0.506. The van der Waals surface area contributed by atoms with Crippen molar-refractivity contribution in [3.8, 4) is 17.2 Å². The van der Waals surface area contributed by atoms with Crippen LogP contribution in [0, 0.1) is 0 Å². The topological polar surface area (TPSA) is 100 Å². The maximum absolute atomic E-state index is 12.1. The molecule has 2 rings (SSSR count). The van der Waals surface area contributed by atoms with E-state index in [0.29, 0.717) is 17.9 Å². The van der Waals surface area contributed by atoms with Gasteiger partial charge in [-0.2, -0.15) is 5.10 Å². The Labute approximate surface area is 173 Å². The molecule has 0 unspecified atom stereocenters. The van der Waals surface area contributed by atoms with Crippen molar-refractivity contribution < 1.29 is 24.2 Å². The molecule has 9 heteroatoms. The number of hydrogen-bond acceptors (Lipinski definition) is 6. The number of nitrogens with zero attached hydrogens (tertiary/aromatic N) is 2. The van der Waals surface area contributed by atoms with Crippen molar-refractivity contribution in [1.29, 1.82) is 0 Å². The second-order valence-corrected chi connectivity index (χ2v) is 6.46.